The molecule has 0 aliphatic rings. The first-order valence-electron chi connectivity index (χ1n) is 8.84. The van der Waals surface area contributed by atoms with Crippen LogP contribution in [0.1, 0.15) is 28.4 Å². The van der Waals surface area contributed by atoms with Gasteiger partial charge in [-0.05, 0) is 67.3 Å². The Morgan fingerprint density at radius 1 is 1.07 bits per heavy atom. The number of nitrogens with one attached hydrogen (secondary N) is 2. The predicted molar refractivity (Wildman–Crippen MR) is 111 cm³/mol. The number of rotatable bonds is 5. The number of nitrogen functional groups attached to an aromatic ring is 1. The summed E-state index contributed by atoms with van der Waals surface area (Å²) in [6.45, 7) is 0.161. The Bertz CT molecular complexity index is 1030. The lowest BCUT2D eigenvalue weighted by molar-refractivity contribution is -0.132. The van der Waals surface area contributed by atoms with Crippen molar-refractivity contribution >= 4 is 17.5 Å². The molecule has 8 heteroatoms. The molecule has 2 aromatic carbocycles. The topological polar surface area (TPSA) is 130 Å². The number of nitrogens with two attached hydrogens (primary N) is 2. The summed E-state index contributed by atoms with van der Waals surface area (Å²) in [6.07, 6.45) is 0. The van der Waals surface area contributed by atoms with Gasteiger partial charge in [0.1, 0.15) is 12.7 Å². The molecule has 0 heterocycles. The van der Waals surface area contributed by atoms with Gasteiger partial charge in [0.15, 0.2) is 0 Å². The minimum absolute atomic E-state index is 0.207. The second kappa shape index (κ2) is 10.1. The second-order valence-corrected chi connectivity index (χ2v) is 6.72. The molecule has 0 aliphatic heterocycles. The van der Waals surface area contributed by atoms with Crippen molar-refractivity contribution < 1.29 is 19.2 Å². The molecule has 0 saturated heterocycles. The summed E-state index contributed by atoms with van der Waals surface area (Å²) in [5, 5.41) is 11.1. The molecule has 7 nitrogen and oxygen atoms in total. The molecular formula is C22H21FN4O3. The molecule has 2 atom stereocenters. The number of hydroxylamine groups is 1. The minimum Gasteiger partial charge on any atom is -0.399 e. The molecule has 0 aromatic heterocycles. The normalized spacial score (nSPS) is 12.8. The van der Waals surface area contributed by atoms with Gasteiger partial charge in [-0.2, -0.15) is 0 Å². The monoisotopic (exact) mass is 408 g/mol. The molecule has 0 spiro atoms. The van der Waals surface area contributed by atoms with Gasteiger partial charge in [0.25, 0.3) is 11.8 Å². The molecule has 2 aromatic rings. The fraction of sp³-hybridized carbons (Fsp3) is 0.182. The third-order valence-corrected chi connectivity index (χ3v) is 4.13. The van der Waals surface area contributed by atoms with Gasteiger partial charge in [0.2, 0.25) is 0 Å². The summed E-state index contributed by atoms with van der Waals surface area (Å²) >= 11 is 0. The van der Waals surface area contributed by atoms with Crippen LogP contribution in [0.4, 0.5) is 10.1 Å². The molecule has 0 aliphatic carbocycles. The fourth-order valence-corrected chi connectivity index (χ4v) is 2.36. The number of hydrogen-bond donors (Lipinski definition) is 5. The van der Waals surface area contributed by atoms with E-state index in [0.717, 1.165) is 5.56 Å². The summed E-state index contributed by atoms with van der Waals surface area (Å²) in [4.78, 5) is 24.1. The van der Waals surface area contributed by atoms with Crippen molar-refractivity contribution in [1.82, 2.24) is 10.8 Å². The average Bonchev–Trinajstić information content (AvgIpc) is 2.75. The van der Waals surface area contributed by atoms with Gasteiger partial charge < -0.3 is 16.8 Å². The zero-order valence-corrected chi connectivity index (χ0v) is 16.2. The summed E-state index contributed by atoms with van der Waals surface area (Å²) in [5.74, 6) is 9.50. The smallest absolute Gasteiger partial charge is 0.267 e. The number of benzene rings is 2. The van der Waals surface area contributed by atoms with Crippen molar-refractivity contribution in [3.8, 4) is 23.7 Å². The van der Waals surface area contributed by atoms with Crippen LogP contribution in [0.15, 0.2) is 48.5 Å². The molecule has 2 amide bonds. The van der Waals surface area contributed by atoms with Gasteiger partial charge in [0, 0.05) is 22.4 Å². The number of halogens is 1. The lowest BCUT2D eigenvalue weighted by Gasteiger charge is -2.30. The van der Waals surface area contributed by atoms with Gasteiger partial charge in [-0.25, -0.2) is 9.87 Å². The van der Waals surface area contributed by atoms with Crippen molar-refractivity contribution in [1.29, 1.82) is 0 Å². The number of alkyl halides is 1. The lowest BCUT2D eigenvalue weighted by atomic mass is 9.94. The molecule has 0 radical (unpaired) electrons. The van der Waals surface area contributed by atoms with E-state index in [4.69, 9.17) is 16.7 Å². The van der Waals surface area contributed by atoms with Crippen molar-refractivity contribution in [2.24, 2.45) is 5.73 Å². The van der Waals surface area contributed by atoms with E-state index >= 15 is 0 Å². The highest BCUT2D eigenvalue weighted by Crippen LogP contribution is 2.10. The van der Waals surface area contributed by atoms with Crippen LogP contribution in [-0.2, 0) is 4.79 Å². The van der Waals surface area contributed by atoms with Crippen LogP contribution in [0.2, 0.25) is 0 Å². The maximum Gasteiger partial charge on any atom is 0.267 e. The summed E-state index contributed by atoms with van der Waals surface area (Å²) in [7, 11) is 0. The summed E-state index contributed by atoms with van der Waals surface area (Å²) < 4.78 is 13.1. The van der Waals surface area contributed by atoms with E-state index in [-0.39, 0.29) is 5.56 Å². The van der Waals surface area contributed by atoms with Gasteiger partial charge in [0.05, 0.1) is 5.54 Å². The van der Waals surface area contributed by atoms with Crippen molar-refractivity contribution in [2.45, 2.75) is 18.5 Å². The van der Waals surface area contributed by atoms with Crippen molar-refractivity contribution in [2.75, 3.05) is 12.4 Å². The zero-order chi connectivity index (χ0) is 22.1. The Balaban J connectivity index is 2.07. The first-order chi connectivity index (χ1) is 14.3. The van der Waals surface area contributed by atoms with E-state index in [1.807, 2.05) is 0 Å². The van der Waals surface area contributed by atoms with E-state index in [9.17, 15) is 14.0 Å². The maximum atomic E-state index is 13.1. The van der Waals surface area contributed by atoms with Crippen LogP contribution in [0.5, 0.6) is 0 Å². The van der Waals surface area contributed by atoms with E-state index in [0.29, 0.717) is 11.3 Å². The number of carbonyl (C=O) groups excluding carboxylic acids is 2. The second-order valence-electron chi connectivity index (χ2n) is 6.72. The van der Waals surface area contributed by atoms with E-state index in [1.165, 1.54) is 24.5 Å². The number of carbonyl (C=O) groups is 2. The quantitative estimate of drug-likeness (QED) is 0.218. The molecule has 0 bridgehead atoms. The Labute approximate surface area is 173 Å². The van der Waals surface area contributed by atoms with Gasteiger partial charge >= 0.3 is 0 Å². The van der Waals surface area contributed by atoms with Crippen molar-refractivity contribution in [3.05, 3.63) is 65.2 Å². The summed E-state index contributed by atoms with van der Waals surface area (Å²) in [5.41, 5.74) is 13.3. The van der Waals surface area contributed by atoms with Crippen LogP contribution < -0.4 is 22.3 Å². The minimum atomic E-state index is -1.70. The fourth-order valence-electron chi connectivity index (χ4n) is 2.36. The molecule has 2 unspecified atom stereocenters. The zero-order valence-electron chi connectivity index (χ0n) is 16.2. The van der Waals surface area contributed by atoms with E-state index in [1.54, 1.807) is 36.4 Å². The molecular weight excluding hydrogens is 387 g/mol. The van der Waals surface area contributed by atoms with E-state index in [2.05, 4.69) is 29.0 Å². The first-order valence-corrected chi connectivity index (χ1v) is 8.84. The van der Waals surface area contributed by atoms with Crippen LogP contribution in [0.3, 0.4) is 0 Å². The Hall–Kier alpha value is -3.85. The van der Waals surface area contributed by atoms with Crippen LogP contribution >= 0.6 is 0 Å². The number of anilines is 1. The SMILES string of the molecule is CC(N)(CF)C(NC(=O)c1ccc(C#CC#Cc2ccc(N)cc2)cc1)C(=O)NO. The Morgan fingerprint density at radius 3 is 2.03 bits per heavy atom. The predicted octanol–water partition coefficient (Wildman–Crippen LogP) is 0.963. The van der Waals surface area contributed by atoms with Crippen LogP contribution in [0, 0.1) is 23.7 Å². The molecule has 2 rings (SSSR count). The number of amides is 2. The average molecular weight is 408 g/mol. The number of hydrogen-bond acceptors (Lipinski definition) is 5. The standard InChI is InChI=1S/C22H21FN4O3/c1-22(25,14-23)19(21(29)27-30)26-20(28)17-10-6-15(7-11-17)4-2-3-5-16-8-12-18(24)13-9-16/h6-13,19,30H,14,24-25H2,1H3,(H,26,28)(H,27,29). The van der Waals surface area contributed by atoms with Gasteiger partial charge in [-0.1, -0.05) is 11.8 Å². The Morgan fingerprint density at radius 2 is 1.57 bits per heavy atom. The lowest BCUT2D eigenvalue weighted by Crippen LogP contribution is -2.64. The van der Waals surface area contributed by atoms with Crippen LogP contribution in [0.25, 0.3) is 0 Å². The van der Waals surface area contributed by atoms with Gasteiger partial charge in [-0.15, -0.1) is 0 Å². The largest absolute Gasteiger partial charge is 0.399 e. The first kappa shape index (κ1) is 22.4. The van der Waals surface area contributed by atoms with Crippen molar-refractivity contribution in [3.63, 3.8) is 0 Å². The molecule has 0 fully saturated rings. The third kappa shape index (κ3) is 6.08. The van der Waals surface area contributed by atoms with Gasteiger partial charge in [-0.3, -0.25) is 14.8 Å². The highest BCUT2D eigenvalue weighted by Gasteiger charge is 2.37. The highest BCUT2D eigenvalue weighted by atomic mass is 19.1. The maximum absolute atomic E-state index is 13.1. The van der Waals surface area contributed by atoms with Crippen LogP contribution in [-0.4, -0.2) is 35.3 Å². The molecule has 0 saturated carbocycles. The molecule has 154 valence electrons. The molecule has 30 heavy (non-hydrogen) atoms. The Kier molecular flexibility index (Phi) is 7.54. The summed E-state index contributed by atoms with van der Waals surface area (Å²) in [6, 6.07) is 11.8. The molecule has 7 N–H and O–H groups in total. The highest BCUT2D eigenvalue weighted by molar-refractivity contribution is 5.98. The van der Waals surface area contributed by atoms with E-state index < -0.39 is 30.1 Å². The third-order valence-electron chi connectivity index (χ3n) is 4.13.